The molecule has 0 radical (unpaired) electrons. The van der Waals surface area contributed by atoms with Gasteiger partial charge in [0.15, 0.2) is 0 Å². The maximum atomic E-state index is 4.59. The summed E-state index contributed by atoms with van der Waals surface area (Å²) in [5.41, 5.74) is 11.6. The Kier molecular flexibility index (Phi) is 5.89. The maximum Gasteiger partial charge on any atom is 0.234 e. The van der Waals surface area contributed by atoms with Gasteiger partial charge >= 0.3 is 0 Å². The van der Waals surface area contributed by atoms with Crippen LogP contribution in [0.15, 0.2) is 176 Å². The average Bonchev–Trinajstić information content (AvgIpc) is 3.83. The molecule has 0 spiro atoms. The second-order valence-electron chi connectivity index (χ2n) is 13.1. The summed E-state index contributed by atoms with van der Waals surface area (Å²) in [5, 5.41) is 7.32. The number of hydrogen-bond acceptors (Lipinski definition) is 2. The van der Waals surface area contributed by atoms with Gasteiger partial charge in [0.05, 0.1) is 33.1 Å². The van der Waals surface area contributed by atoms with Crippen molar-refractivity contribution in [2.75, 3.05) is 0 Å². The van der Waals surface area contributed by atoms with E-state index in [1.165, 1.54) is 65.5 Å². The van der Waals surface area contributed by atoms with E-state index in [2.05, 4.69) is 181 Å². The van der Waals surface area contributed by atoms with Gasteiger partial charge in [-0.25, -0.2) is 9.97 Å². The smallest absolute Gasteiger partial charge is 0.234 e. The first-order valence-electron chi connectivity index (χ1n) is 17.2. The third kappa shape index (κ3) is 4.09. The number of para-hydroxylation sites is 4. The molecule has 7 aromatic carbocycles. The van der Waals surface area contributed by atoms with Gasteiger partial charge < -0.3 is 9.13 Å². The molecule has 0 aliphatic carbocycles. The Hall–Kier alpha value is -6.98. The van der Waals surface area contributed by atoms with Crippen molar-refractivity contribution >= 4 is 65.4 Å². The molecular weight excluding hydrogens is 623 g/mol. The molecule has 0 unspecified atom stereocenters. The lowest BCUT2D eigenvalue weighted by molar-refractivity contribution is 0.988. The standard InChI is InChI=1S/C46H29N5/c1-2-11-32(12-3-1)49-40-16-7-5-15-36(40)39-29-33(21-24-44(39)49)50-41-17-8-4-13-34(41)37-27-30(19-22-43(37)50)31-20-23-45-38(28-31)35-14-6-9-18-42(35)51(45)46-47-25-10-26-48-46/h1-29H. The molecule has 238 valence electrons. The van der Waals surface area contributed by atoms with E-state index in [1.807, 2.05) is 6.07 Å². The molecule has 4 aromatic heterocycles. The molecule has 0 atom stereocenters. The summed E-state index contributed by atoms with van der Waals surface area (Å²) in [6, 6.07) is 59.0. The third-order valence-electron chi connectivity index (χ3n) is 10.4. The molecule has 4 heterocycles. The summed E-state index contributed by atoms with van der Waals surface area (Å²) in [4.78, 5) is 9.17. The fraction of sp³-hybridized carbons (Fsp3) is 0. The first kappa shape index (κ1) is 27.9. The Morgan fingerprint density at radius 3 is 1.31 bits per heavy atom. The highest BCUT2D eigenvalue weighted by atomic mass is 15.1. The quantitative estimate of drug-likeness (QED) is 0.190. The van der Waals surface area contributed by atoms with Crippen molar-refractivity contribution in [3.63, 3.8) is 0 Å². The fourth-order valence-electron chi connectivity index (χ4n) is 8.16. The van der Waals surface area contributed by atoms with Crippen LogP contribution in [0.2, 0.25) is 0 Å². The Labute approximate surface area is 292 Å². The van der Waals surface area contributed by atoms with Gasteiger partial charge in [-0.2, -0.15) is 0 Å². The topological polar surface area (TPSA) is 40.6 Å². The van der Waals surface area contributed by atoms with Crippen molar-refractivity contribution in [2.24, 2.45) is 0 Å². The molecule has 0 aliphatic rings. The number of rotatable bonds is 4. The van der Waals surface area contributed by atoms with E-state index in [0.29, 0.717) is 5.95 Å². The van der Waals surface area contributed by atoms with Gasteiger partial charge in [-0.05, 0) is 90.0 Å². The summed E-state index contributed by atoms with van der Waals surface area (Å²) in [5.74, 6) is 0.675. The molecule has 0 bridgehead atoms. The van der Waals surface area contributed by atoms with Gasteiger partial charge in [-0.15, -0.1) is 0 Å². The van der Waals surface area contributed by atoms with Crippen LogP contribution in [0, 0.1) is 0 Å². The minimum atomic E-state index is 0.675. The van der Waals surface area contributed by atoms with Gasteiger partial charge in [-0.1, -0.05) is 84.9 Å². The maximum absolute atomic E-state index is 4.59. The minimum Gasteiger partial charge on any atom is -0.309 e. The van der Waals surface area contributed by atoms with Crippen LogP contribution in [0.4, 0.5) is 0 Å². The summed E-state index contributed by atoms with van der Waals surface area (Å²) in [6.07, 6.45) is 3.59. The predicted octanol–water partition coefficient (Wildman–Crippen LogP) is 11.4. The monoisotopic (exact) mass is 651 g/mol. The lowest BCUT2D eigenvalue weighted by Crippen LogP contribution is -1.99. The molecule has 0 amide bonds. The van der Waals surface area contributed by atoms with Gasteiger partial charge in [0, 0.05) is 56.1 Å². The van der Waals surface area contributed by atoms with Crippen LogP contribution in [0.25, 0.3) is 93.9 Å². The van der Waals surface area contributed by atoms with Crippen LogP contribution in [-0.4, -0.2) is 23.7 Å². The number of benzene rings is 7. The molecule has 0 fully saturated rings. The van der Waals surface area contributed by atoms with Crippen molar-refractivity contribution in [1.82, 2.24) is 23.7 Å². The second-order valence-corrected chi connectivity index (χ2v) is 13.1. The molecule has 11 rings (SSSR count). The zero-order chi connectivity index (χ0) is 33.5. The van der Waals surface area contributed by atoms with Crippen LogP contribution in [0.3, 0.4) is 0 Å². The van der Waals surface area contributed by atoms with Crippen molar-refractivity contribution in [1.29, 1.82) is 0 Å². The molecule has 0 saturated heterocycles. The van der Waals surface area contributed by atoms with Crippen LogP contribution in [0.5, 0.6) is 0 Å². The van der Waals surface area contributed by atoms with Crippen LogP contribution < -0.4 is 0 Å². The molecule has 0 N–H and O–H groups in total. The summed E-state index contributed by atoms with van der Waals surface area (Å²) >= 11 is 0. The number of nitrogens with zero attached hydrogens (tertiary/aromatic N) is 5. The lowest BCUT2D eigenvalue weighted by Gasteiger charge is -2.11. The average molecular weight is 652 g/mol. The van der Waals surface area contributed by atoms with E-state index < -0.39 is 0 Å². The van der Waals surface area contributed by atoms with E-state index in [-0.39, 0.29) is 0 Å². The van der Waals surface area contributed by atoms with E-state index in [0.717, 1.165) is 22.4 Å². The van der Waals surface area contributed by atoms with Gasteiger partial charge in [0.25, 0.3) is 0 Å². The van der Waals surface area contributed by atoms with Crippen molar-refractivity contribution in [3.8, 4) is 28.5 Å². The molecule has 11 aromatic rings. The Balaban J connectivity index is 1.10. The van der Waals surface area contributed by atoms with E-state index in [9.17, 15) is 0 Å². The van der Waals surface area contributed by atoms with E-state index >= 15 is 0 Å². The van der Waals surface area contributed by atoms with Crippen LogP contribution in [-0.2, 0) is 0 Å². The predicted molar refractivity (Wildman–Crippen MR) is 210 cm³/mol. The summed E-state index contributed by atoms with van der Waals surface area (Å²) < 4.78 is 6.94. The van der Waals surface area contributed by atoms with Crippen molar-refractivity contribution in [3.05, 3.63) is 176 Å². The van der Waals surface area contributed by atoms with E-state index in [1.54, 1.807) is 12.4 Å². The summed E-state index contributed by atoms with van der Waals surface area (Å²) in [7, 11) is 0. The number of fused-ring (bicyclic) bond motifs is 9. The Morgan fingerprint density at radius 2 is 0.725 bits per heavy atom. The minimum absolute atomic E-state index is 0.675. The zero-order valence-electron chi connectivity index (χ0n) is 27.5. The number of aromatic nitrogens is 5. The largest absolute Gasteiger partial charge is 0.309 e. The first-order valence-corrected chi connectivity index (χ1v) is 17.2. The highest BCUT2D eigenvalue weighted by Gasteiger charge is 2.18. The Bertz CT molecular complexity index is 3130. The second kappa shape index (κ2) is 10.8. The Morgan fingerprint density at radius 1 is 0.294 bits per heavy atom. The highest BCUT2D eigenvalue weighted by molar-refractivity contribution is 6.14. The fourth-order valence-corrected chi connectivity index (χ4v) is 8.16. The highest BCUT2D eigenvalue weighted by Crippen LogP contribution is 2.39. The van der Waals surface area contributed by atoms with Crippen molar-refractivity contribution in [2.45, 2.75) is 0 Å². The van der Waals surface area contributed by atoms with Gasteiger partial charge in [0.2, 0.25) is 5.95 Å². The lowest BCUT2D eigenvalue weighted by atomic mass is 10.0. The normalized spacial score (nSPS) is 11.9. The number of hydrogen-bond donors (Lipinski definition) is 0. The molecule has 0 saturated carbocycles. The van der Waals surface area contributed by atoms with E-state index in [4.69, 9.17) is 0 Å². The van der Waals surface area contributed by atoms with Crippen molar-refractivity contribution < 1.29 is 0 Å². The molecular formula is C46H29N5. The van der Waals surface area contributed by atoms with Crippen LogP contribution >= 0.6 is 0 Å². The molecule has 0 aliphatic heterocycles. The molecule has 51 heavy (non-hydrogen) atoms. The van der Waals surface area contributed by atoms with Gasteiger partial charge in [-0.3, -0.25) is 4.57 Å². The van der Waals surface area contributed by atoms with Gasteiger partial charge in [0.1, 0.15) is 0 Å². The zero-order valence-corrected chi connectivity index (χ0v) is 27.5. The van der Waals surface area contributed by atoms with Crippen LogP contribution in [0.1, 0.15) is 0 Å². The first-order chi connectivity index (χ1) is 25.3. The third-order valence-corrected chi connectivity index (χ3v) is 10.4. The SMILES string of the molecule is c1ccc(-n2c3ccccc3c3cc(-n4c5ccccc5c5cc(-c6ccc7c(c6)c6ccccc6n7-c6ncccn6)ccc54)ccc32)cc1. The molecule has 5 nitrogen and oxygen atoms in total. The molecule has 5 heteroatoms. The summed E-state index contributed by atoms with van der Waals surface area (Å²) in [6.45, 7) is 0.